The van der Waals surface area contributed by atoms with Gasteiger partial charge in [-0.05, 0) is 57.9 Å². The fraction of sp³-hybridized carbons (Fsp3) is 0.500. The number of carbonyl (C=O) groups excluding carboxylic acids is 2. The average molecular weight is 430 g/mol. The smallest absolute Gasteiger partial charge is 0.434 e. The summed E-state index contributed by atoms with van der Waals surface area (Å²) in [6.45, 7) is 8.21. The fourth-order valence-electron chi connectivity index (χ4n) is 3.88. The Balaban J connectivity index is 1.97. The van der Waals surface area contributed by atoms with E-state index in [1.54, 1.807) is 6.92 Å². The standard InChI is InChI=1S/C24H31NO4S/c1-5-28-24(27)29-20-15-21(18-9-7-6-8-10-18)30-23(20)25(16(2)3)22(26)19-13-11-17(4)12-14-19/h6-10,15-17,19H,5,11-14H2,1-4H3. The van der Waals surface area contributed by atoms with Crippen LogP contribution in [-0.2, 0) is 9.53 Å². The molecule has 3 rings (SSSR count). The van der Waals surface area contributed by atoms with Crippen molar-refractivity contribution in [3.05, 3.63) is 36.4 Å². The van der Waals surface area contributed by atoms with Crippen molar-refractivity contribution in [2.24, 2.45) is 11.8 Å². The van der Waals surface area contributed by atoms with Crippen molar-refractivity contribution in [1.82, 2.24) is 0 Å². The third kappa shape index (κ3) is 5.22. The van der Waals surface area contributed by atoms with Crippen LogP contribution in [0.4, 0.5) is 9.80 Å². The van der Waals surface area contributed by atoms with Crippen molar-refractivity contribution in [3.8, 4) is 16.2 Å². The molecule has 30 heavy (non-hydrogen) atoms. The highest BCUT2D eigenvalue weighted by molar-refractivity contribution is 7.20. The molecule has 1 aromatic heterocycles. The van der Waals surface area contributed by atoms with Gasteiger partial charge in [-0.15, -0.1) is 11.3 Å². The number of benzene rings is 1. The Morgan fingerprint density at radius 3 is 2.40 bits per heavy atom. The van der Waals surface area contributed by atoms with Gasteiger partial charge < -0.3 is 9.47 Å². The Labute approximate surface area is 183 Å². The second kappa shape index (κ2) is 10.1. The molecule has 1 aliphatic rings. The SMILES string of the molecule is CCOC(=O)Oc1cc(-c2ccccc2)sc1N(C(=O)C1CCC(C)CC1)C(C)C. The first-order valence-corrected chi connectivity index (χ1v) is 11.6. The van der Waals surface area contributed by atoms with Gasteiger partial charge in [-0.25, -0.2) is 4.79 Å². The molecule has 0 saturated heterocycles. The highest BCUT2D eigenvalue weighted by atomic mass is 32.1. The topological polar surface area (TPSA) is 55.8 Å². The number of hydrogen-bond acceptors (Lipinski definition) is 5. The third-order valence-electron chi connectivity index (χ3n) is 5.53. The molecule has 0 unspecified atom stereocenters. The van der Waals surface area contributed by atoms with Gasteiger partial charge in [-0.3, -0.25) is 9.69 Å². The van der Waals surface area contributed by atoms with Gasteiger partial charge in [0.25, 0.3) is 0 Å². The van der Waals surface area contributed by atoms with Gasteiger partial charge >= 0.3 is 6.16 Å². The monoisotopic (exact) mass is 429 g/mol. The van der Waals surface area contributed by atoms with E-state index >= 15 is 0 Å². The van der Waals surface area contributed by atoms with Crippen LogP contribution in [0.25, 0.3) is 10.4 Å². The molecule has 0 N–H and O–H groups in total. The summed E-state index contributed by atoms with van der Waals surface area (Å²) < 4.78 is 10.5. The lowest BCUT2D eigenvalue weighted by Crippen LogP contribution is -2.42. The Hall–Kier alpha value is -2.34. The molecule has 0 bridgehead atoms. The minimum atomic E-state index is -0.751. The third-order valence-corrected chi connectivity index (χ3v) is 6.70. The molecule has 0 aliphatic heterocycles. The van der Waals surface area contributed by atoms with Crippen LogP contribution in [0.15, 0.2) is 36.4 Å². The number of ether oxygens (including phenoxy) is 2. The first-order valence-electron chi connectivity index (χ1n) is 10.8. The van der Waals surface area contributed by atoms with Crippen LogP contribution in [-0.4, -0.2) is 24.7 Å². The van der Waals surface area contributed by atoms with Crippen LogP contribution in [0.1, 0.15) is 53.4 Å². The number of carbonyl (C=O) groups is 2. The van der Waals surface area contributed by atoms with E-state index in [-0.39, 0.29) is 24.5 Å². The number of thiophene rings is 1. The van der Waals surface area contributed by atoms with Crippen LogP contribution in [0.3, 0.4) is 0 Å². The Bertz CT molecular complexity index is 853. The minimum Gasteiger partial charge on any atom is -0.434 e. The van der Waals surface area contributed by atoms with Crippen molar-refractivity contribution in [1.29, 1.82) is 0 Å². The molecular formula is C24H31NO4S. The fourth-order valence-corrected chi connectivity index (χ4v) is 5.11. The summed E-state index contributed by atoms with van der Waals surface area (Å²) in [5, 5.41) is 0.667. The Kier molecular flexibility index (Phi) is 7.53. The molecule has 0 atom stereocenters. The van der Waals surface area contributed by atoms with Crippen molar-refractivity contribution in [2.45, 2.75) is 59.4 Å². The zero-order valence-electron chi connectivity index (χ0n) is 18.2. The van der Waals surface area contributed by atoms with Gasteiger partial charge in [-0.2, -0.15) is 0 Å². The van der Waals surface area contributed by atoms with Gasteiger partial charge in [0.1, 0.15) is 5.00 Å². The first-order chi connectivity index (χ1) is 14.4. The maximum Gasteiger partial charge on any atom is 0.513 e. The van der Waals surface area contributed by atoms with Crippen LogP contribution >= 0.6 is 11.3 Å². The zero-order valence-corrected chi connectivity index (χ0v) is 19.0. The van der Waals surface area contributed by atoms with Crippen molar-refractivity contribution in [2.75, 3.05) is 11.5 Å². The normalized spacial score (nSPS) is 18.8. The summed E-state index contributed by atoms with van der Waals surface area (Å²) in [4.78, 5) is 28.3. The highest BCUT2D eigenvalue weighted by Crippen LogP contribution is 2.45. The summed E-state index contributed by atoms with van der Waals surface area (Å²) in [7, 11) is 0. The number of amides is 1. The van der Waals surface area contributed by atoms with E-state index in [1.807, 2.05) is 55.1 Å². The molecule has 1 amide bonds. The second-order valence-corrected chi connectivity index (χ2v) is 9.22. The van der Waals surface area contributed by atoms with E-state index in [0.717, 1.165) is 36.1 Å². The van der Waals surface area contributed by atoms with Crippen molar-refractivity contribution >= 4 is 28.4 Å². The van der Waals surface area contributed by atoms with Crippen LogP contribution in [0.2, 0.25) is 0 Å². The lowest BCUT2D eigenvalue weighted by atomic mass is 9.82. The largest absolute Gasteiger partial charge is 0.513 e. The lowest BCUT2D eigenvalue weighted by molar-refractivity contribution is -0.123. The average Bonchev–Trinajstić information content (AvgIpc) is 3.12. The Morgan fingerprint density at radius 2 is 1.80 bits per heavy atom. The van der Waals surface area contributed by atoms with Gasteiger partial charge in [0.2, 0.25) is 5.91 Å². The summed E-state index contributed by atoms with van der Waals surface area (Å²) in [5.74, 6) is 1.19. The summed E-state index contributed by atoms with van der Waals surface area (Å²) >= 11 is 1.47. The predicted molar refractivity (Wildman–Crippen MR) is 121 cm³/mol. The first kappa shape index (κ1) is 22.3. The van der Waals surface area contributed by atoms with E-state index in [2.05, 4.69) is 6.92 Å². The van der Waals surface area contributed by atoms with Crippen molar-refractivity contribution in [3.63, 3.8) is 0 Å². The van der Waals surface area contributed by atoms with Crippen LogP contribution < -0.4 is 9.64 Å². The molecule has 1 saturated carbocycles. The Morgan fingerprint density at radius 1 is 1.13 bits per heavy atom. The molecule has 6 heteroatoms. The minimum absolute atomic E-state index is 0.0151. The molecule has 1 aromatic carbocycles. The summed E-state index contributed by atoms with van der Waals surface area (Å²) in [6.07, 6.45) is 3.23. The van der Waals surface area contributed by atoms with Gasteiger partial charge in [-0.1, -0.05) is 37.3 Å². The number of anilines is 1. The van der Waals surface area contributed by atoms with E-state index in [9.17, 15) is 9.59 Å². The van der Waals surface area contributed by atoms with E-state index in [1.165, 1.54) is 11.3 Å². The maximum atomic E-state index is 13.5. The van der Waals surface area contributed by atoms with Crippen molar-refractivity contribution < 1.29 is 19.1 Å². The van der Waals surface area contributed by atoms with E-state index in [4.69, 9.17) is 9.47 Å². The number of rotatable bonds is 6. The molecular weight excluding hydrogens is 398 g/mol. The van der Waals surface area contributed by atoms with Gasteiger partial charge in [0, 0.05) is 22.9 Å². The molecule has 1 fully saturated rings. The quantitative estimate of drug-likeness (QED) is 0.491. The number of hydrogen-bond donors (Lipinski definition) is 0. The zero-order chi connectivity index (χ0) is 21.7. The van der Waals surface area contributed by atoms with Crippen LogP contribution in [0, 0.1) is 11.8 Å². The summed E-state index contributed by atoms with van der Waals surface area (Å²) in [5.41, 5.74) is 1.02. The summed E-state index contributed by atoms with van der Waals surface area (Å²) in [6, 6.07) is 11.7. The predicted octanol–water partition coefficient (Wildman–Crippen LogP) is 6.52. The maximum absolute atomic E-state index is 13.5. The molecule has 0 radical (unpaired) electrons. The van der Waals surface area contributed by atoms with E-state index < -0.39 is 6.16 Å². The van der Waals surface area contributed by atoms with Crippen LogP contribution in [0.5, 0.6) is 5.75 Å². The van der Waals surface area contributed by atoms with Gasteiger partial charge in [0.15, 0.2) is 5.75 Å². The molecule has 0 spiro atoms. The second-order valence-electron chi connectivity index (χ2n) is 8.19. The molecule has 1 heterocycles. The number of nitrogens with zero attached hydrogens (tertiary/aromatic N) is 1. The molecule has 1 aliphatic carbocycles. The van der Waals surface area contributed by atoms with E-state index in [0.29, 0.717) is 16.7 Å². The molecule has 2 aromatic rings. The lowest BCUT2D eigenvalue weighted by Gasteiger charge is -2.33. The molecule has 5 nitrogen and oxygen atoms in total. The van der Waals surface area contributed by atoms with Gasteiger partial charge in [0.05, 0.1) is 6.61 Å². The highest BCUT2D eigenvalue weighted by Gasteiger charge is 2.33. The molecule has 162 valence electrons.